The van der Waals surface area contributed by atoms with E-state index in [0.29, 0.717) is 5.69 Å². The van der Waals surface area contributed by atoms with Crippen molar-refractivity contribution < 1.29 is 19.5 Å². The van der Waals surface area contributed by atoms with E-state index in [0.717, 1.165) is 0 Å². The molecule has 2 heteroatoms. The van der Waals surface area contributed by atoms with Crippen molar-refractivity contribution in [3.63, 3.8) is 0 Å². The van der Waals surface area contributed by atoms with Crippen LogP contribution in [-0.2, 0) is 19.5 Å². The first-order valence-electron chi connectivity index (χ1n) is 2.16. The number of benzene rings is 1. The molecule has 38 valence electrons. The van der Waals surface area contributed by atoms with Crippen LogP contribution < -0.4 is 0 Å². The molecule has 0 bridgehead atoms. The molecule has 0 radical (unpaired) electrons. The first kappa shape index (κ1) is 7.64. The van der Waals surface area contributed by atoms with Gasteiger partial charge in [0, 0.05) is 19.5 Å². The summed E-state index contributed by atoms with van der Waals surface area (Å²) in [6.45, 7) is 0. The molecule has 1 N–H and O–H groups in total. The molecule has 0 aromatic heterocycles. The third-order valence-corrected chi connectivity index (χ3v) is 0.774. The standard InChI is InChI=1S/C6H6N.Zn/c7-6-4-2-1-3-5-6;/h1-5,7H;/q-1;. The van der Waals surface area contributed by atoms with Gasteiger partial charge >= 0.3 is 0 Å². The van der Waals surface area contributed by atoms with Crippen LogP contribution >= 0.6 is 0 Å². The molecule has 0 aliphatic carbocycles. The van der Waals surface area contributed by atoms with E-state index in [9.17, 15) is 0 Å². The van der Waals surface area contributed by atoms with E-state index in [-0.39, 0.29) is 19.5 Å². The third kappa shape index (κ3) is 2.08. The maximum absolute atomic E-state index is 7.00. The average molecular weight is 158 g/mol. The molecule has 0 amide bonds. The molecule has 0 aliphatic rings. The van der Waals surface area contributed by atoms with Gasteiger partial charge in [-0.2, -0.15) is 0 Å². The summed E-state index contributed by atoms with van der Waals surface area (Å²) in [5.41, 5.74) is 7.57. The second kappa shape index (κ2) is 3.62. The van der Waals surface area contributed by atoms with Gasteiger partial charge in [0.1, 0.15) is 0 Å². The summed E-state index contributed by atoms with van der Waals surface area (Å²) in [4.78, 5) is 0. The minimum Gasteiger partial charge on any atom is -0.699 e. The van der Waals surface area contributed by atoms with E-state index in [1.165, 1.54) is 0 Å². The monoisotopic (exact) mass is 156 g/mol. The Kier molecular flexibility index (Phi) is 3.46. The van der Waals surface area contributed by atoms with Crippen molar-refractivity contribution in [3.05, 3.63) is 36.1 Å². The van der Waals surface area contributed by atoms with Crippen LogP contribution in [0.4, 0.5) is 5.69 Å². The van der Waals surface area contributed by atoms with Gasteiger partial charge in [0.25, 0.3) is 0 Å². The van der Waals surface area contributed by atoms with Crippen LogP contribution in [0.15, 0.2) is 30.3 Å². The van der Waals surface area contributed by atoms with Crippen molar-refractivity contribution in [2.75, 3.05) is 0 Å². The fourth-order valence-electron chi connectivity index (χ4n) is 0.438. The molecule has 0 fully saturated rings. The zero-order valence-electron chi connectivity index (χ0n) is 4.59. The van der Waals surface area contributed by atoms with Gasteiger partial charge in [0.15, 0.2) is 0 Å². The van der Waals surface area contributed by atoms with Crippen LogP contribution in [-0.4, -0.2) is 0 Å². The van der Waals surface area contributed by atoms with Crippen LogP contribution in [0.1, 0.15) is 0 Å². The van der Waals surface area contributed by atoms with Gasteiger partial charge in [-0.25, -0.2) is 0 Å². The SMILES string of the molecule is [NH-]c1ccccc1.[Zn]. The number of hydrogen-bond donors (Lipinski definition) is 0. The quantitative estimate of drug-likeness (QED) is 0.517. The second-order valence-corrected chi connectivity index (χ2v) is 1.37. The smallest absolute Gasteiger partial charge is 0 e. The van der Waals surface area contributed by atoms with Crippen LogP contribution in [0.25, 0.3) is 5.73 Å². The summed E-state index contributed by atoms with van der Waals surface area (Å²) in [6, 6.07) is 9.10. The molecule has 0 aliphatic heterocycles. The van der Waals surface area contributed by atoms with Crippen molar-refractivity contribution in [3.8, 4) is 0 Å². The zero-order chi connectivity index (χ0) is 5.11. The van der Waals surface area contributed by atoms with Gasteiger partial charge in [0.2, 0.25) is 0 Å². The number of rotatable bonds is 0. The van der Waals surface area contributed by atoms with Crippen molar-refractivity contribution in [1.29, 1.82) is 0 Å². The van der Waals surface area contributed by atoms with Gasteiger partial charge in [0.05, 0.1) is 0 Å². The van der Waals surface area contributed by atoms with Crippen molar-refractivity contribution in [2.45, 2.75) is 0 Å². The maximum atomic E-state index is 7.00. The molecule has 1 aromatic carbocycles. The van der Waals surface area contributed by atoms with Crippen LogP contribution in [0.2, 0.25) is 0 Å². The normalized spacial score (nSPS) is 7.50. The molecular formula is C6H6NZn-. The zero-order valence-corrected chi connectivity index (χ0v) is 7.56. The van der Waals surface area contributed by atoms with Crippen LogP contribution in [0.3, 0.4) is 0 Å². The Hall–Kier alpha value is -0.357. The summed E-state index contributed by atoms with van der Waals surface area (Å²) in [7, 11) is 0. The van der Waals surface area contributed by atoms with Crippen molar-refractivity contribution in [1.82, 2.24) is 0 Å². The van der Waals surface area contributed by atoms with E-state index in [4.69, 9.17) is 5.73 Å². The predicted octanol–water partition coefficient (Wildman–Crippen LogP) is 2.37. The van der Waals surface area contributed by atoms with Gasteiger partial charge in [-0.3, -0.25) is 0 Å². The Morgan fingerprint density at radius 3 is 1.75 bits per heavy atom. The van der Waals surface area contributed by atoms with E-state index in [1.54, 1.807) is 12.1 Å². The van der Waals surface area contributed by atoms with E-state index < -0.39 is 0 Å². The Balaban J connectivity index is 0.000000490. The molecule has 1 nitrogen and oxygen atoms in total. The molecule has 0 atom stereocenters. The Morgan fingerprint density at radius 2 is 1.50 bits per heavy atom. The first-order chi connectivity index (χ1) is 3.39. The molecule has 0 unspecified atom stereocenters. The minimum absolute atomic E-state index is 0. The van der Waals surface area contributed by atoms with E-state index in [2.05, 4.69) is 0 Å². The molecule has 8 heavy (non-hydrogen) atoms. The fourth-order valence-corrected chi connectivity index (χ4v) is 0.438. The Bertz CT molecular complexity index is 138. The van der Waals surface area contributed by atoms with Gasteiger partial charge < -0.3 is 5.73 Å². The van der Waals surface area contributed by atoms with Crippen LogP contribution in [0, 0.1) is 0 Å². The topological polar surface area (TPSA) is 23.8 Å². The average Bonchev–Trinajstić information content (AvgIpc) is 1.69. The molecule has 0 spiro atoms. The molecule has 1 rings (SSSR count). The van der Waals surface area contributed by atoms with E-state index in [1.807, 2.05) is 18.2 Å². The number of hydrogen-bond acceptors (Lipinski definition) is 0. The van der Waals surface area contributed by atoms with Crippen molar-refractivity contribution >= 4 is 5.69 Å². The number of nitrogens with one attached hydrogen (secondary N) is 1. The summed E-state index contributed by atoms with van der Waals surface area (Å²) in [5, 5.41) is 0. The molecule has 0 heterocycles. The maximum Gasteiger partial charge on any atom is 0 e. The summed E-state index contributed by atoms with van der Waals surface area (Å²) in [5.74, 6) is 0. The Labute approximate surface area is 61.7 Å². The minimum atomic E-state index is 0. The molecule has 0 saturated heterocycles. The third-order valence-electron chi connectivity index (χ3n) is 0.774. The molecule has 0 saturated carbocycles. The van der Waals surface area contributed by atoms with Gasteiger partial charge in [-0.1, -0.05) is 30.3 Å². The Morgan fingerprint density at radius 1 is 1.00 bits per heavy atom. The first-order valence-corrected chi connectivity index (χ1v) is 2.16. The van der Waals surface area contributed by atoms with Crippen LogP contribution in [0.5, 0.6) is 0 Å². The summed E-state index contributed by atoms with van der Waals surface area (Å²) in [6.07, 6.45) is 0. The van der Waals surface area contributed by atoms with Crippen molar-refractivity contribution in [2.24, 2.45) is 0 Å². The van der Waals surface area contributed by atoms with Gasteiger partial charge in [-0.05, 0) is 0 Å². The fraction of sp³-hybridized carbons (Fsp3) is 0. The molecular weight excluding hydrogens is 151 g/mol. The predicted molar refractivity (Wildman–Crippen MR) is 30.4 cm³/mol. The summed E-state index contributed by atoms with van der Waals surface area (Å²) >= 11 is 0. The second-order valence-electron chi connectivity index (χ2n) is 1.37. The van der Waals surface area contributed by atoms with Gasteiger partial charge in [-0.15, -0.1) is 5.69 Å². The largest absolute Gasteiger partial charge is 0.699 e. The summed E-state index contributed by atoms with van der Waals surface area (Å²) < 4.78 is 0. The van der Waals surface area contributed by atoms with E-state index >= 15 is 0 Å². The molecule has 1 aromatic rings.